The van der Waals surface area contributed by atoms with Crippen LogP contribution in [0, 0.1) is 12.3 Å². The molecular formula is C12H14N2O6. The lowest BCUT2D eigenvalue weighted by molar-refractivity contribution is -0.108. The third-order valence-corrected chi connectivity index (χ3v) is 3.45. The van der Waals surface area contributed by atoms with Crippen molar-refractivity contribution in [1.82, 2.24) is 9.55 Å². The number of nitrogens with one attached hydrogen (secondary N) is 1. The third kappa shape index (κ3) is 1.80. The Morgan fingerprint density at radius 2 is 2.25 bits per heavy atom. The molecule has 8 nitrogen and oxygen atoms in total. The molecule has 1 aromatic heterocycles. The maximum absolute atomic E-state index is 11.8. The molecule has 1 aliphatic heterocycles. The summed E-state index contributed by atoms with van der Waals surface area (Å²) in [5, 5.41) is 29.6. The first kappa shape index (κ1) is 14.5. The lowest BCUT2D eigenvalue weighted by Crippen LogP contribution is -2.54. The van der Waals surface area contributed by atoms with Crippen LogP contribution in [0.2, 0.25) is 0 Å². The Morgan fingerprint density at radius 3 is 2.70 bits per heavy atom. The molecule has 1 aliphatic rings. The fourth-order valence-electron chi connectivity index (χ4n) is 2.24. The smallest absolute Gasteiger partial charge is 0.331 e. The first-order chi connectivity index (χ1) is 9.29. The molecule has 108 valence electrons. The summed E-state index contributed by atoms with van der Waals surface area (Å²) in [6, 6.07) is 1.03. The minimum absolute atomic E-state index is 0.606. The summed E-state index contributed by atoms with van der Waals surface area (Å²) in [6.45, 7) is 0.625. The van der Waals surface area contributed by atoms with E-state index in [4.69, 9.17) is 11.2 Å². The van der Waals surface area contributed by atoms with Crippen molar-refractivity contribution in [2.75, 3.05) is 6.61 Å². The number of hydrogen-bond donors (Lipinski definition) is 4. The maximum atomic E-state index is 11.8. The summed E-state index contributed by atoms with van der Waals surface area (Å²) in [7, 11) is 0. The Bertz CT molecular complexity index is 670. The lowest BCUT2D eigenvalue weighted by Gasteiger charge is -2.30. The summed E-state index contributed by atoms with van der Waals surface area (Å²) < 4.78 is 6.13. The highest BCUT2D eigenvalue weighted by Crippen LogP contribution is 2.40. The molecule has 20 heavy (non-hydrogen) atoms. The fraction of sp³-hybridized carbons (Fsp3) is 0.500. The van der Waals surface area contributed by atoms with Gasteiger partial charge in [-0.2, -0.15) is 0 Å². The van der Waals surface area contributed by atoms with Crippen molar-refractivity contribution in [3.05, 3.63) is 33.1 Å². The van der Waals surface area contributed by atoms with Crippen LogP contribution in [0.3, 0.4) is 0 Å². The molecule has 1 aromatic rings. The number of aromatic amines is 1. The topological polar surface area (TPSA) is 125 Å². The number of H-pyrrole nitrogens is 1. The highest BCUT2D eigenvalue weighted by atomic mass is 16.6. The van der Waals surface area contributed by atoms with Gasteiger partial charge < -0.3 is 20.1 Å². The van der Waals surface area contributed by atoms with Gasteiger partial charge in [-0.3, -0.25) is 14.3 Å². The van der Waals surface area contributed by atoms with Crippen molar-refractivity contribution in [3.8, 4) is 12.3 Å². The molecule has 0 aliphatic carbocycles. The molecule has 0 amide bonds. The van der Waals surface area contributed by atoms with Gasteiger partial charge >= 0.3 is 5.69 Å². The average Bonchev–Trinajstić information content (AvgIpc) is 2.59. The van der Waals surface area contributed by atoms with E-state index in [9.17, 15) is 24.9 Å². The van der Waals surface area contributed by atoms with Crippen LogP contribution < -0.4 is 11.2 Å². The molecular weight excluding hydrogens is 268 g/mol. The SMILES string of the molecule is C#CC1(n2ccc(=O)[nH]c2=O)OC(CO)C(C)(O)C1O. The summed E-state index contributed by atoms with van der Waals surface area (Å²) in [5.41, 5.74) is -5.42. The number of terminal acetylenes is 1. The summed E-state index contributed by atoms with van der Waals surface area (Å²) in [6.07, 6.45) is 3.54. The van der Waals surface area contributed by atoms with E-state index in [1.165, 1.54) is 6.92 Å². The molecule has 0 saturated carbocycles. The minimum Gasteiger partial charge on any atom is -0.394 e. The summed E-state index contributed by atoms with van der Waals surface area (Å²) in [5.74, 6) is 2.12. The first-order valence-electron chi connectivity index (χ1n) is 5.79. The van der Waals surface area contributed by atoms with Gasteiger partial charge in [-0.25, -0.2) is 4.79 Å². The van der Waals surface area contributed by atoms with Crippen LogP contribution in [0.4, 0.5) is 0 Å². The van der Waals surface area contributed by atoms with Crippen LogP contribution in [0.5, 0.6) is 0 Å². The number of rotatable bonds is 2. The van der Waals surface area contributed by atoms with E-state index in [0.29, 0.717) is 0 Å². The van der Waals surface area contributed by atoms with E-state index in [-0.39, 0.29) is 0 Å². The average molecular weight is 282 g/mol. The largest absolute Gasteiger partial charge is 0.394 e. The third-order valence-electron chi connectivity index (χ3n) is 3.45. The molecule has 1 fully saturated rings. The van der Waals surface area contributed by atoms with E-state index in [1.54, 1.807) is 0 Å². The molecule has 1 saturated heterocycles. The molecule has 0 aromatic carbocycles. The number of hydrogen-bond acceptors (Lipinski definition) is 6. The second-order valence-electron chi connectivity index (χ2n) is 4.74. The zero-order valence-electron chi connectivity index (χ0n) is 10.6. The molecule has 4 atom stereocenters. The minimum atomic E-state index is -2.02. The molecule has 4 unspecified atom stereocenters. The molecule has 4 N–H and O–H groups in total. The van der Waals surface area contributed by atoms with E-state index in [0.717, 1.165) is 16.8 Å². The highest BCUT2D eigenvalue weighted by Gasteiger charge is 2.61. The van der Waals surface area contributed by atoms with Crippen molar-refractivity contribution in [2.24, 2.45) is 0 Å². The quantitative estimate of drug-likeness (QED) is 0.438. The van der Waals surface area contributed by atoms with Gasteiger partial charge in [0.15, 0.2) is 0 Å². The number of aliphatic hydroxyl groups excluding tert-OH is 2. The normalized spacial score (nSPS) is 36.8. The van der Waals surface area contributed by atoms with Crippen LogP contribution in [-0.2, 0) is 10.5 Å². The van der Waals surface area contributed by atoms with Gasteiger partial charge in [0.2, 0.25) is 5.72 Å². The van der Waals surface area contributed by atoms with Gasteiger partial charge in [0.05, 0.1) is 6.61 Å². The van der Waals surface area contributed by atoms with Crippen molar-refractivity contribution in [2.45, 2.75) is 30.5 Å². The van der Waals surface area contributed by atoms with Crippen LogP contribution in [0.25, 0.3) is 0 Å². The summed E-state index contributed by atoms with van der Waals surface area (Å²) >= 11 is 0. The van der Waals surface area contributed by atoms with Crippen molar-refractivity contribution in [3.63, 3.8) is 0 Å². The van der Waals surface area contributed by atoms with E-state index >= 15 is 0 Å². The Balaban J connectivity index is 2.65. The number of aliphatic hydroxyl groups is 3. The van der Waals surface area contributed by atoms with Crippen molar-refractivity contribution < 1.29 is 20.1 Å². The van der Waals surface area contributed by atoms with Crippen molar-refractivity contribution in [1.29, 1.82) is 0 Å². The Kier molecular flexibility index (Phi) is 3.31. The summed E-state index contributed by atoms with van der Waals surface area (Å²) in [4.78, 5) is 24.9. The molecule has 0 spiro atoms. The highest BCUT2D eigenvalue weighted by molar-refractivity contribution is 5.19. The van der Waals surface area contributed by atoms with Gasteiger partial charge in [-0.15, -0.1) is 6.42 Å². The van der Waals surface area contributed by atoms with Gasteiger partial charge in [0.1, 0.15) is 17.8 Å². The van der Waals surface area contributed by atoms with E-state index < -0.39 is 41.4 Å². The fourth-order valence-corrected chi connectivity index (χ4v) is 2.24. The number of aromatic nitrogens is 2. The van der Waals surface area contributed by atoms with Gasteiger partial charge in [0, 0.05) is 12.3 Å². The Morgan fingerprint density at radius 1 is 1.60 bits per heavy atom. The number of ether oxygens (including phenoxy) is 1. The van der Waals surface area contributed by atoms with E-state index in [1.807, 2.05) is 4.98 Å². The molecule has 0 radical (unpaired) electrons. The van der Waals surface area contributed by atoms with Crippen LogP contribution >= 0.6 is 0 Å². The van der Waals surface area contributed by atoms with Crippen molar-refractivity contribution >= 4 is 0 Å². The van der Waals surface area contributed by atoms with Gasteiger partial charge in [-0.1, -0.05) is 0 Å². The molecule has 8 heteroatoms. The van der Waals surface area contributed by atoms with E-state index in [2.05, 4.69) is 5.92 Å². The Labute approximate surface area is 113 Å². The standard InChI is InChI=1S/C12H14N2O6/c1-3-12(14-5-4-8(16)13-10(14)18)9(17)11(2,19)7(6-15)20-12/h1,4-5,7,9,15,17,19H,6H2,2H3,(H,13,16,18). The molecule has 2 heterocycles. The van der Waals surface area contributed by atoms with Crippen LogP contribution in [0.1, 0.15) is 6.92 Å². The first-order valence-corrected chi connectivity index (χ1v) is 5.79. The Hall–Kier alpha value is -1.92. The zero-order valence-corrected chi connectivity index (χ0v) is 10.6. The lowest BCUT2D eigenvalue weighted by atomic mass is 9.90. The predicted molar refractivity (Wildman–Crippen MR) is 66.7 cm³/mol. The predicted octanol–water partition coefficient (Wildman–Crippen LogP) is -2.67. The van der Waals surface area contributed by atoms with Crippen LogP contribution in [0.15, 0.2) is 21.9 Å². The zero-order chi connectivity index (χ0) is 15.1. The van der Waals surface area contributed by atoms with Gasteiger partial charge in [-0.05, 0) is 12.8 Å². The second kappa shape index (κ2) is 4.57. The second-order valence-corrected chi connectivity index (χ2v) is 4.74. The van der Waals surface area contributed by atoms with Gasteiger partial charge in [0.25, 0.3) is 5.56 Å². The monoisotopic (exact) mass is 282 g/mol. The maximum Gasteiger partial charge on any atom is 0.331 e. The van der Waals surface area contributed by atoms with Crippen LogP contribution in [-0.4, -0.2) is 49.3 Å². The molecule has 0 bridgehead atoms. The number of nitrogens with zero attached hydrogens (tertiary/aromatic N) is 1. The molecule has 2 rings (SSSR count).